The molecule has 0 aliphatic carbocycles. The summed E-state index contributed by atoms with van der Waals surface area (Å²) >= 11 is 0. The highest BCUT2D eigenvalue weighted by Crippen LogP contribution is 2.22. The van der Waals surface area contributed by atoms with Crippen molar-refractivity contribution in [1.82, 2.24) is 9.88 Å². The molecule has 4 rings (SSSR count). The lowest BCUT2D eigenvalue weighted by atomic mass is 10.1. The van der Waals surface area contributed by atoms with E-state index in [0.29, 0.717) is 5.56 Å². The number of pyridine rings is 1. The van der Waals surface area contributed by atoms with Crippen LogP contribution in [-0.2, 0) is 6.54 Å². The molecule has 0 radical (unpaired) electrons. The number of nitrogens with one attached hydrogen (secondary N) is 1. The minimum absolute atomic E-state index is 0.0773. The molecule has 2 aromatic carbocycles. The van der Waals surface area contributed by atoms with Crippen LogP contribution in [0, 0.1) is 6.92 Å². The van der Waals surface area contributed by atoms with Crippen molar-refractivity contribution in [3.63, 3.8) is 0 Å². The molecule has 1 aliphatic rings. The molecule has 0 bridgehead atoms. The van der Waals surface area contributed by atoms with Gasteiger partial charge in [-0.2, -0.15) is 0 Å². The number of hydrogen-bond donors (Lipinski definition) is 1. The number of aryl methyl sites for hydroxylation is 1. The number of carbonyl (C=O) groups excluding carboxylic acids is 1. The second kappa shape index (κ2) is 7.98. The monoisotopic (exact) mass is 376 g/mol. The zero-order chi connectivity index (χ0) is 19.5. The minimum atomic E-state index is 0.0773. The summed E-state index contributed by atoms with van der Waals surface area (Å²) in [5.41, 5.74) is 3.70. The van der Waals surface area contributed by atoms with Crippen molar-refractivity contribution in [2.24, 2.45) is 0 Å². The molecule has 1 aromatic heterocycles. The average molecular weight is 376 g/mol. The summed E-state index contributed by atoms with van der Waals surface area (Å²) in [6.45, 7) is 6.41. The SMILES string of the molecule is COc1ccc2nc(C)c(C(=O)N3CC[NH+](Cc4ccccc4)CC3)cc2c1. The predicted molar refractivity (Wildman–Crippen MR) is 110 cm³/mol. The van der Waals surface area contributed by atoms with Crippen molar-refractivity contribution in [1.29, 1.82) is 0 Å². The normalized spacial score (nSPS) is 15.0. The molecule has 0 atom stereocenters. The third-order valence-electron chi connectivity index (χ3n) is 5.50. The lowest BCUT2D eigenvalue weighted by molar-refractivity contribution is -0.917. The molecule has 1 N–H and O–H groups in total. The number of carbonyl (C=O) groups is 1. The summed E-state index contributed by atoms with van der Waals surface area (Å²) in [5.74, 6) is 0.850. The van der Waals surface area contributed by atoms with Gasteiger partial charge in [0.25, 0.3) is 5.91 Å². The Bertz CT molecular complexity index is 980. The first-order chi connectivity index (χ1) is 13.6. The van der Waals surface area contributed by atoms with Crippen LogP contribution in [-0.4, -0.2) is 49.1 Å². The molecule has 0 spiro atoms. The Morgan fingerprint density at radius 2 is 1.86 bits per heavy atom. The zero-order valence-corrected chi connectivity index (χ0v) is 16.4. The summed E-state index contributed by atoms with van der Waals surface area (Å²) in [6, 6.07) is 18.3. The van der Waals surface area contributed by atoms with Crippen LogP contribution >= 0.6 is 0 Å². The second-order valence-corrected chi connectivity index (χ2v) is 7.38. The van der Waals surface area contributed by atoms with Gasteiger partial charge < -0.3 is 14.5 Å². The Morgan fingerprint density at radius 1 is 1.11 bits per heavy atom. The fourth-order valence-electron chi connectivity index (χ4n) is 3.85. The van der Waals surface area contributed by atoms with Crippen LogP contribution in [0.15, 0.2) is 54.6 Å². The first-order valence-electron chi connectivity index (χ1n) is 9.76. The van der Waals surface area contributed by atoms with E-state index < -0.39 is 0 Å². The Kier molecular flexibility index (Phi) is 5.26. The minimum Gasteiger partial charge on any atom is -0.497 e. The van der Waals surface area contributed by atoms with Crippen molar-refractivity contribution < 1.29 is 14.4 Å². The topological polar surface area (TPSA) is 46.9 Å². The molecule has 1 saturated heterocycles. The number of methoxy groups -OCH3 is 1. The van der Waals surface area contributed by atoms with Gasteiger partial charge in [0.2, 0.25) is 0 Å². The highest BCUT2D eigenvalue weighted by atomic mass is 16.5. The van der Waals surface area contributed by atoms with Gasteiger partial charge in [0, 0.05) is 10.9 Å². The summed E-state index contributed by atoms with van der Waals surface area (Å²) in [6.07, 6.45) is 0. The molecule has 5 nitrogen and oxygen atoms in total. The maximum Gasteiger partial charge on any atom is 0.256 e. The van der Waals surface area contributed by atoms with Gasteiger partial charge in [0.05, 0.1) is 50.1 Å². The molecule has 0 unspecified atom stereocenters. The van der Waals surface area contributed by atoms with Crippen molar-refractivity contribution >= 4 is 16.8 Å². The van der Waals surface area contributed by atoms with E-state index >= 15 is 0 Å². The highest BCUT2D eigenvalue weighted by Gasteiger charge is 2.26. The van der Waals surface area contributed by atoms with Gasteiger partial charge in [0.15, 0.2) is 0 Å². The summed E-state index contributed by atoms with van der Waals surface area (Å²) in [4.78, 5) is 21.2. The summed E-state index contributed by atoms with van der Waals surface area (Å²) in [7, 11) is 1.64. The molecule has 144 valence electrons. The standard InChI is InChI=1S/C23H25N3O2/c1-17-21(15-19-14-20(28-2)8-9-22(19)24-17)23(27)26-12-10-25(11-13-26)16-18-6-4-3-5-7-18/h3-9,14-15H,10-13,16H2,1-2H3/p+1. The largest absolute Gasteiger partial charge is 0.497 e. The van der Waals surface area contributed by atoms with Crippen LogP contribution in [0.2, 0.25) is 0 Å². The number of piperazine rings is 1. The van der Waals surface area contributed by atoms with Gasteiger partial charge in [-0.25, -0.2) is 0 Å². The Morgan fingerprint density at radius 3 is 2.57 bits per heavy atom. The maximum absolute atomic E-state index is 13.1. The van der Waals surface area contributed by atoms with E-state index in [1.54, 1.807) is 7.11 Å². The number of ether oxygens (including phenoxy) is 1. The number of nitrogens with zero attached hydrogens (tertiary/aromatic N) is 2. The second-order valence-electron chi connectivity index (χ2n) is 7.38. The highest BCUT2D eigenvalue weighted by molar-refractivity contribution is 5.98. The molecule has 28 heavy (non-hydrogen) atoms. The van der Waals surface area contributed by atoms with E-state index in [9.17, 15) is 4.79 Å². The molecular weight excluding hydrogens is 350 g/mol. The Hall–Kier alpha value is -2.92. The molecule has 3 aromatic rings. The molecule has 1 aliphatic heterocycles. The third-order valence-corrected chi connectivity index (χ3v) is 5.50. The quantitative estimate of drug-likeness (QED) is 0.759. The lowest BCUT2D eigenvalue weighted by Gasteiger charge is -2.32. The fourth-order valence-corrected chi connectivity index (χ4v) is 3.85. The fraction of sp³-hybridized carbons (Fsp3) is 0.304. The van der Waals surface area contributed by atoms with E-state index in [1.165, 1.54) is 10.5 Å². The van der Waals surface area contributed by atoms with Crippen LogP contribution in [0.5, 0.6) is 5.75 Å². The van der Waals surface area contributed by atoms with Crippen molar-refractivity contribution in [2.45, 2.75) is 13.5 Å². The van der Waals surface area contributed by atoms with Crippen LogP contribution in [0.4, 0.5) is 0 Å². The van der Waals surface area contributed by atoms with E-state index in [4.69, 9.17) is 4.74 Å². The van der Waals surface area contributed by atoms with Crippen LogP contribution < -0.4 is 9.64 Å². The van der Waals surface area contributed by atoms with Gasteiger partial charge in [0.1, 0.15) is 12.3 Å². The Labute approximate surface area is 165 Å². The first-order valence-corrected chi connectivity index (χ1v) is 9.76. The van der Waals surface area contributed by atoms with Crippen molar-refractivity contribution in [2.75, 3.05) is 33.3 Å². The van der Waals surface area contributed by atoms with Crippen LogP contribution in [0.25, 0.3) is 10.9 Å². The molecule has 1 amide bonds. The smallest absolute Gasteiger partial charge is 0.256 e. The van der Waals surface area contributed by atoms with Gasteiger partial charge in [-0.05, 0) is 31.2 Å². The molecule has 2 heterocycles. The van der Waals surface area contributed by atoms with E-state index in [0.717, 1.165) is 55.1 Å². The van der Waals surface area contributed by atoms with Crippen LogP contribution in [0.3, 0.4) is 0 Å². The number of rotatable bonds is 4. The molecule has 1 fully saturated rings. The van der Waals surface area contributed by atoms with E-state index in [1.807, 2.05) is 42.2 Å². The van der Waals surface area contributed by atoms with Gasteiger partial charge in [-0.1, -0.05) is 30.3 Å². The zero-order valence-electron chi connectivity index (χ0n) is 16.4. The van der Waals surface area contributed by atoms with Crippen molar-refractivity contribution in [3.05, 3.63) is 71.4 Å². The number of benzene rings is 2. The number of hydrogen-bond acceptors (Lipinski definition) is 3. The molecular formula is C23H26N3O2+. The van der Waals surface area contributed by atoms with Gasteiger partial charge in [-0.3, -0.25) is 9.78 Å². The molecule has 5 heteroatoms. The van der Waals surface area contributed by atoms with Crippen molar-refractivity contribution in [3.8, 4) is 5.75 Å². The third kappa shape index (κ3) is 3.85. The van der Waals surface area contributed by atoms with Gasteiger partial charge >= 0.3 is 0 Å². The number of quaternary nitrogens is 1. The predicted octanol–water partition coefficient (Wildman–Crippen LogP) is 2.09. The number of amides is 1. The van der Waals surface area contributed by atoms with Gasteiger partial charge in [-0.15, -0.1) is 0 Å². The number of aromatic nitrogens is 1. The Balaban J connectivity index is 1.47. The van der Waals surface area contributed by atoms with E-state index in [2.05, 4.69) is 29.2 Å². The summed E-state index contributed by atoms with van der Waals surface area (Å²) in [5, 5.41) is 0.932. The summed E-state index contributed by atoms with van der Waals surface area (Å²) < 4.78 is 5.30. The average Bonchev–Trinajstić information content (AvgIpc) is 2.74. The van der Waals surface area contributed by atoms with Crippen LogP contribution in [0.1, 0.15) is 21.6 Å². The van der Waals surface area contributed by atoms with E-state index in [-0.39, 0.29) is 5.91 Å². The number of fused-ring (bicyclic) bond motifs is 1. The lowest BCUT2D eigenvalue weighted by Crippen LogP contribution is -3.13. The maximum atomic E-state index is 13.1. The molecule has 0 saturated carbocycles. The first kappa shape index (κ1) is 18.4.